The number of fused-ring (bicyclic) bond motifs is 1. The Morgan fingerprint density at radius 1 is 1.14 bits per heavy atom. The van der Waals surface area contributed by atoms with Crippen LogP contribution in [0.5, 0.6) is 5.75 Å². The topological polar surface area (TPSA) is 85.8 Å². The maximum atomic E-state index is 12.5. The van der Waals surface area contributed by atoms with Crippen LogP contribution in [-0.4, -0.2) is 23.3 Å². The lowest BCUT2D eigenvalue weighted by molar-refractivity contribution is -0.122. The van der Waals surface area contributed by atoms with E-state index >= 15 is 0 Å². The first kappa shape index (κ1) is 19.7. The Morgan fingerprint density at radius 2 is 1.97 bits per heavy atom. The number of halogens is 2. The summed E-state index contributed by atoms with van der Waals surface area (Å²) in [4.78, 5) is 12.5. The molecule has 8 heteroatoms. The molecule has 4 rings (SSSR count). The van der Waals surface area contributed by atoms with Crippen molar-refractivity contribution in [3.63, 3.8) is 0 Å². The van der Waals surface area contributed by atoms with E-state index in [1.54, 1.807) is 24.3 Å². The molecule has 3 aromatic carbocycles. The standard InChI is InChI=1S/C21H18Cl2N4O2/c22-13-6-7-17(23)15(9-13)18-10-19(26-25-18)21(29)27-24-11-16-14-4-2-1-3-12(14)5-8-20(16)28/h1-9,11,18-19,25-26,28H,10H2,(H,27,29)/b24-11+. The van der Waals surface area contributed by atoms with Crippen LogP contribution in [0, 0.1) is 0 Å². The zero-order chi connectivity index (χ0) is 20.4. The molecule has 1 fully saturated rings. The summed E-state index contributed by atoms with van der Waals surface area (Å²) < 4.78 is 0. The van der Waals surface area contributed by atoms with Crippen LogP contribution >= 0.6 is 23.2 Å². The van der Waals surface area contributed by atoms with Crippen molar-refractivity contribution in [1.29, 1.82) is 0 Å². The maximum absolute atomic E-state index is 12.5. The molecule has 2 unspecified atom stereocenters. The molecule has 1 amide bonds. The van der Waals surface area contributed by atoms with Crippen LogP contribution in [0.15, 0.2) is 59.7 Å². The molecule has 6 nitrogen and oxygen atoms in total. The first-order chi connectivity index (χ1) is 14.0. The first-order valence-corrected chi connectivity index (χ1v) is 9.78. The van der Waals surface area contributed by atoms with Crippen LogP contribution in [0.3, 0.4) is 0 Å². The Kier molecular flexibility index (Phi) is 5.69. The predicted octanol–water partition coefficient (Wildman–Crippen LogP) is 3.91. The van der Waals surface area contributed by atoms with E-state index in [1.165, 1.54) is 6.21 Å². The second-order valence-corrected chi connectivity index (χ2v) is 7.59. The van der Waals surface area contributed by atoms with E-state index in [9.17, 15) is 9.90 Å². The first-order valence-electron chi connectivity index (χ1n) is 9.02. The highest BCUT2D eigenvalue weighted by Gasteiger charge is 2.31. The number of hydrogen-bond donors (Lipinski definition) is 4. The maximum Gasteiger partial charge on any atom is 0.258 e. The average molecular weight is 429 g/mol. The van der Waals surface area contributed by atoms with E-state index in [-0.39, 0.29) is 17.7 Å². The average Bonchev–Trinajstić information content (AvgIpc) is 3.21. The van der Waals surface area contributed by atoms with Gasteiger partial charge in [0.05, 0.1) is 6.21 Å². The van der Waals surface area contributed by atoms with Crippen molar-refractivity contribution in [2.45, 2.75) is 18.5 Å². The molecular formula is C21H18Cl2N4O2. The Balaban J connectivity index is 1.43. The number of phenols is 1. The zero-order valence-electron chi connectivity index (χ0n) is 15.2. The number of rotatable bonds is 4. The van der Waals surface area contributed by atoms with Gasteiger partial charge in [0.25, 0.3) is 5.91 Å². The van der Waals surface area contributed by atoms with Crippen molar-refractivity contribution in [3.8, 4) is 5.75 Å². The van der Waals surface area contributed by atoms with Crippen LogP contribution in [0.1, 0.15) is 23.6 Å². The van der Waals surface area contributed by atoms with Crippen molar-refractivity contribution in [1.82, 2.24) is 16.3 Å². The van der Waals surface area contributed by atoms with Crippen LogP contribution in [-0.2, 0) is 4.79 Å². The van der Waals surface area contributed by atoms with Gasteiger partial charge in [-0.15, -0.1) is 0 Å². The fourth-order valence-electron chi connectivity index (χ4n) is 3.37. The smallest absolute Gasteiger partial charge is 0.258 e. The molecule has 1 aliphatic rings. The number of hydrazine groups is 1. The van der Waals surface area contributed by atoms with Crippen LogP contribution < -0.4 is 16.3 Å². The molecule has 0 aliphatic carbocycles. The lowest BCUT2D eigenvalue weighted by atomic mass is 10.0. The third kappa shape index (κ3) is 4.21. The number of hydrogen-bond acceptors (Lipinski definition) is 5. The Labute approximate surface area is 177 Å². The summed E-state index contributed by atoms with van der Waals surface area (Å²) in [7, 11) is 0. The van der Waals surface area contributed by atoms with Gasteiger partial charge in [-0.2, -0.15) is 5.10 Å². The molecule has 148 valence electrons. The molecule has 29 heavy (non-hydrogen) atoms. The van der Waals surface area contributed by atoms with Crippen molar-refractivity contribution in [3.05, 3.63) is 75.8 Å². The van der Waals surface area contributed by atoms with Gasteiger partial charge < -0.3 is 5.11 Å². The Bertz CT molecular complexity index is 1100. The lowest BCUT2D eigenvalue weighted by Gasteiger charge is -2.12. The van der Waals surface area contributed by atoms with Gasteiger partial charge in [-0.05, 0) is 47.0 Å². The van der Waals surface area contributed by atoms with Crippen LogP contribution in [0.4, 0.5) is 0 Å². The highest BCUT2D eigenvalue weighted by Crippen LogP contribution is 2.31. The lowest BCUT2D eigenvalue weighted by Crippen LogP contribution is -2.41. The largest absolute Gasteiger partial charge is 0.507 e. The van der Waals surface area contributed by atoms with Crippen molar-refractivity contribution in [2.75, 3.05) is 0 Å². The van der Waals surface area contributed by atoms with Crippen molar-refractivity contribution >= 4 is 46.1 Å². The van der Waals surface area contributed by atoms with E-state index in [1.807, 2.05) is 30.3 Å². The highest BCUT2D eigenvalue weighted by molar-refractivity contribution is 6.33. The summed E-state index contributed by atoms with van der Waals surface area (Å²) in [6, 6.07) is 15.7. The van der Waals surface area contributed by atoms with Crippen LogP contribution in [0.25, 0.3) is 10.8 Å². The summed E-state index contributed by atoms with van der Waals surface area (Å²) in [6.07, 6.45) is 1.93. The third-order valence-electron chi connectivity index (χ3n) is 4.87. The van der Waals surface area contributed by atoms with E-state index in [2.05, 4.69) is 21.4 Å². The number of carbonyl (C=O) groups excluding carboxylic acids is 1. The number of aromatic hydroxyl groups is 1. The number of amides is 1. The van der Waals surface area contributed by atoms with Gasteiger partial charge in [-0.3, -0.25) is 4.79 Å². The van der Waals surface area contributed by atoms with Gasteiger partial charge in [0.1, 0.15) is 11.8 Å². The molecule has 0 saturated carbocycles. The van der Waals surface area contributed by atoms with Gasteiger partial charge in [-0.1, -0.05) is 53.5 Å². The zero-order valence-corrected chi connectivity index (χ0v) is 16.7. The number of hydrazone groups is 1. The summed E-state index contributed by atoms with van der Waals surface area (Å²) in [5.74, 6) is -0.202. The molecule has 1 saturated heterocycles. The fraction of sp³-hybridized carbons (Fsp3) is 0.143. The minimum Gasteiger partial charge on any atom is -0.507 e. The van der Waals surface area contributed by atoms with E-state index in [4.69, 9.17) is 23.2 Å². The minimum atomic E-state index is -0.492. The van der Waals surface area contributed by atoms with Gasteiger partial charge in [-0.25, -0.2) is 16.3 Å². The molecule has 1 heterocycles. The molecule has 0 radical (unpaired) electrons. The second-order valence-electron chi connectivity index (χ2n) is 6.75. The number of carbonyl (C=O) groups is 1. The third-order valence-corrected chi connectivity index (χ3v) is 5.45. The Morgan fingerprint density at radius 3 is 2.83 bits per heavy atom. The second kappa shape index (κ2) is 8.39. The summed E-state index contributed by atoms with van der Waals surface area (Å²) in [5.41, 5.74) is 9.91. The molecule has 3 aromatic rings. The van der Waals surface area contributed by atoms with Gasteiger partial charge in [0.2, 0.25) is 0 Å². The molecule has 0 bridgehead atoms. The van der Waals surface area contributed by atoms with Gasteiger partial charge in [0, 0.05) is 21.7 Å². The number of benzene rings is 3. The van der Waals surface area contributed by atoms with Crippen molar-refractivity contribution in [2.24, 2.45) is 5.10 Å². The molecule has 1 aliphatic heterocycles. The number of nitrogens with zero attached hydrogens (tertiary/aromatic N) is 1. The quantitative estimate of drug-likeness (QED) is 0.374. The predicted molar refractivity (Wildman–Crippen MR) is 115 cm³/mol. The molecular weight excluding hydrogens is 411 g/mol. The van der Waals surface area contributed by atoms with E-state index in [0.29, 0.717) is 22.0 Å². The highest BCUT2D eigenvalue weighted by atomic mass is 35.5. The SMILES string of the molecule is O=C(N/N=C/c1c(O)ccc2ccccc12)C1CC(c2cc(Cl)ccc2Cl)NN1. The number of phenolic OH excluding ortho intramolecular Hbond substituents is 1. The van der Waals surface area contributed by atoms with Crippen LogP contribution in [0.2, 0.25) is 10.0 Å². The summed E-state index contributed by atoms with van der Waals surface area (Å²) in [6.45, 7) is 0. The monoisotopic (exact) mass is 428 g/mol. The van der Waals surface area contributed by atoms with E-state index in [0.717, 1.165) is 16.3 Å². The molecule has 2 atom stereocenters. The van der Waals surface area contributed by atoms with Crippen molar-refractivity contribution < 1.29 is 9.90 Å². The Hall–Kier alpha value is -2.64. The van der Waals surface area contributed by atoms with E-state index < -0.39 is 6.04 Å². The normalized spacial score (nSPS) is 19.1. The fourth-order valence-corrected chi connectivity index (χ4v) is 3.80. The molecule has 4 N–H and O–H groups in total. The van der Waals surface area contributed by atoms with Gasteiger partial charge >= 0.3 is 0 Å². The van der Waals surface area contributed by atoms with Gasteiger partial charge in [0.15, 0.2) is 0 Å². The summed E-state index contributed by atoms with van der Waals surface area (Å²) >= 11 is 12.3. The molecule has 0 spiro atoms. The molecule has 0 aromatic heterocycles. The minimum absolute atomic E-state index is 0.0954. The number of nitrogens with one attached hydrogen (secondary N) is 3. The summed E-state index contributed by atoms with van der Waals surface area (Å²) in [5, 5.41) is 17.2.